The molecule has 170 valence electrons. The molecule has 1 saturated heterocycles. The van der Waals surface area contributed by atoms with E-state index in [-0.39, 0.29) is 35.8 Å². The third-order valence-corrected chi connectivity index (χ3v) is 5.67. The topological polar surface area (TPSA) is 57.5 Å². The van der Waals surface area contributed by atoms with Crippen LogP contribution in [0.5, 0.6) is 0 Å². The zero-order valence-corrected chi connectivity index (χ0v) is 20.8. The molecule has 0 saturated carbocycles. The summed E-state index contributed by atoms with van der Waals surface area (Å²) >= 11 is 0. The van der Waals surface area contributed by atoms with E-state index in [1.54, 1.807) is 42.5 Å². The summed E-state index contributed by atoms with van der Waals surface area (Å²) in [5.74, 6) is 0.394. The van der Waals surface area contributed by atoms with Crippen LogP contribution < -0.4 is 15.5 Å². The van der Waals surface area contributed by atoms with Gasteiger partial charge in [-0.3, -0.25) is 4.99 Å². The lowest BCUT2D eigenvalue weighted by molar-refractivity contribution is 0.614. The van der Waals surface area contributed by atoms with Gasteiger partial charge in [0.25, 0.3) is 0 Å². The molecule has 0 bridgehead atoms. The van der Waals surface area contributed by atoms with Gasteiger partial charge in [0.15, 0.2) is 5.96 Å². The van der Waals surface area contributed by atoms with Gasteiger partial charge in [-0.05, 0) is 55.2 Å². The average Bonchev–Trinajstić information content (AvgIpc) is 3.51. The number of aromatic nitrogens is 2. The number of imidazole rings is 1. The van der Waals surface area contributed by atoms with E-state index in [0.717, 1.165) is 18.7 Å². The monoisotopic (exact) mass is 548 g/mol. The number of benzene rings is 2. The highest BCUT2D eigenvalue weighted by atomic mass is 127. The maximum atomic E-state index is 14.5. The van der Waals surface area contributed by atoms with E-state index in [1.165, 1.54) is 24.1 Å². The van der Waals surface area contributed by atoms with Crippen molar-refractivity contribution in [3.05, 3.63) is 78.1 Å². The number of nitrogens with one attached hydrogen (secondary N) is 2. The first kappa shape index (κ1) is 24.0. The van der Waals surface area contributed by atoms with Gasteiger partial charge in [0.05, 0.1) is 18.1 Å². The van der Waals surface area contributed by atoms with Crippen LogP contribution in [-0.4, -0.2) is 35.6 Å². The van der Waals surface area contributed by atoms with Crippen molar-refractivity contribution in [3.63, 3.8) is 0 Å². The second-order valence-electron chi connectivity index (χ2n) is 7.84. The highest BCUT2D eigenvalue weighted by molar-refractivity contribution is 14.0. The van der Waals surface area contributed by atoms with Crippen LogP contribution in [0.1, 0.15) is 36.9 Å². The summed E-state index contributed by atoms with van der Waals surface area (Å²) in [7, 11) is 1.74. The summed E-state index contributed by atoms with van der Waals surface area (Å²) < 4.78 is 16.1. The molecule has 1 aliphatic rings. The average molecular weight is 548 g/mol. The Morgan fingerprint density at radius 1 is 1.19 bits per heavy atom. The summed E-state index contributed by atoms with van der Waals surface area (Å²) in [6, 6.07) is 14.0. The Labute approximate surface area is 206 Å². The largest absolute Gasteiger partial charge is 0.372 e. The Morgan fingerprint density at radius 3 is 2.69 bits per heavy atom. The summed E-state index contributed by atoms with van der Waals surface area (Å²) in [4.78, 5) is 10.7. The number of nitrogens with zero attached hydrogens (tertiary/aromatic N) is 4. The molecule has 3 aromatic rings. The molecular weight excluding hydrogens is 518 g/mol. The fourth-order valence-corrected chi connectivity index (χ4v) is 3.91. The van der Waals surface area contributed by atoms with Crippen molar-refractivity contribution in [2.45, 2.75) is 32.4 Å². The van der Waals surface area contributed by atoms with Gasteiger partial charge in [-0.2, -0.15) is 0 Å². The molecule has 1 unspecified atom stereocenters. The van der Waals surface area contributed by atoms with E-state index in [4.69, 9.17) is 0 Å². The Bertz CT molecular complexity index is 1030. The summed E-state index contributed by atoms with van der Waals surface area (Å²) in [6.07, 6.45) is 7.47. The molecule has 2 aromatic carbocycles. The third-order valence-electron chi connectivity index (χ3n) is 5.67. The smallest absolute Gasteiger partial charge is 0.191 e. The predicted octanol–water partition coefficient (Wildman–Crippen LogP) is 4.66. The van der Waals surface area contributed by atoms with Gasteiger partial charge in [0.2, 0.25) is 0 Å². The highest BCUT2D eigenvalue weighted by Gasteiger charge is 2.14. The first-order valence-electron chi connectivity index (χ1n) is 10.7. The molecule has 1 atom stereocenters. The van der Waals surface area contributed by atoms with Gasteiger partial charge in [0.1, 0.15) is 5.82 Å². The normalized spacial score (nSPS) is 14.7. The zero-order chi connectivity index (χ0) is 21.6. The van der Waals surface area contributed by atoms with Crippen molar-refractivity contribution >= 4 is 35.6 Å². The Hall–Kier alpha value is -2.62. The lowest BCUT2D eigenvalue weighted by Crippen LogP contribution is -2.38. The zero-order valence-electron chi connectivity index (χ0n) is 18.5. The van der Waals surface area contributed by atoms with Crippen LogP contribution in [0, 0.1) is 5.82 Å². The molecule has 2 heterocycles. The maximum absolute atomic E-state index is 14.5. The van der Waals surface area contributed by atoms with E-state index >= 15 is 0 Å². The predicted molar refractivity (Wildman–Crippen MR) is 139 cm³/mol. The van der Waals surface area contributed by atoms with Crippen LogP contribution in [0.25, 0.3) is 5.69 Å². The number of halogens is 2. The van der Waals surface area contributed by atoms with Crippen molar-refractivity contribution in [1.29, 1.82) is 0 Å². The molecule has 1 aliphatic heterocycles. The minimum atomic E-state index is -0.285. The van der Waals surface area contributed by atoms with E-state index < -0.39 is 0 Å². The molecule has 32 heavy (non-hydrogen) atoms. The van der Waals surface area contributed by atoms with Crippen molar-refractivity contribution in [2.75, 3.05) is 25.0 Å². The fourth-order valence-electron chi connectivity index (χ4n) is 3.91. The second-order valence-corrected chi connectivity index (χ2v) is 7.84. The third kappa shape index (κ3) is 5.79. The maximum Gasteiger partial charge on any atom is 0.191 e. The lowest BCUT2D eigenvalue weighted by Gasteiger charge is -2.22. The van der Waals surface area contributed by atoms with Crippen LogP contribution in [0.2, 0.25) is 0 Å². The number of hydrogen-bond donors (Lipinski definition) is 2. The minimum absolute atomic E-state index is 0. The van der Waals surface area contributed by atoms with Crippen LogP contribution in [0.4, 0.5) is 10.1 Å². The number of rotatable bonds is 6. The fraction of sp³-hybridized carbons (Fsp3) is 0.333. The van der Waals surface area contributed by atoms with Gasteiger partial charge in [-0.15, -0.1) is 24.0 Å². The van der Waals surface area contributed by atoms with Gasteiger partial charge in [-0.1, -0.05) is 18.2 Å². The molecule has 8 heteroatoms. The number of guanidine groups is 1. The Kier molecular flexibility index (Phi) is 8.49. The SMILES string of the molecule is CN=C(NCc1ccc(-n2ccnc2)c(F)c1)NC(C)c1cccc(N2CCCC2)c1.I. The molecule has 0 aliphatic carbocycles. The van der Waals surface area contributed by atoms with Crippen molar-refractivity contribution in [2.24, 2.45) is 4.99 Å². The molecule has 2 N–H and O–H groups in total. The summed E-state index contributed by atoms with van der Waals surface area (Å²) in [5.41, 5.74) is 3.81. The molecule has 0 amide bonds. The van der Waals surface area contributed by atoms with Crippen molar-refractivity contribution in [3.8, 4) is 5.69 Å². The van der Waals surface area contributed by atoms with E-state index in [1.807, 2.05) is 6.07 Å². The molecular formula is C24H30FIN6. The summed E-state index contributed by atoms with van der Waals surface area (Å²) in [6.45, 7) is 4.85. The number of hydrogen-bond acceptors (Lipinski definition) is 3. The minimum Gasteiger partial charge on any atom is -0.372 e. The van der Waals surface area contributed by atoms with E-state index in [2.05, 4.69) is 56.7 Å². The Balaban J connectivity index is 0.00000289. The van der Waals surface area contributed by atoms with Crippen LogP contribution in [-0.2, 0) is 6.54 Å². The summed E-state index contributed by atoms with van der Waals surface area (Å²) in [5, 5.41) is 6.71. The highest BCUT2D eigenvalue weighted by Crippen LogP contribution is 2.24. The van der Waals surface area contributed by atoms with E-state index in [9.17, 15) is 4.39 Å². The standard InChI is InChI=1S/C24H29FN6.HI/c1-18(20-6-5-7-21(15-20)30-11-3-4-12-30)29-24(26-2)28-16-19-8-9-23(22(25)14-19)31-13-10-27-17-31;/h5-10,13-15,17-18H,3-4,11-12,16H2,1-2H3,(H2,26,28,29);1H. The van der Waals surface area contributed by atoms with Gasteiger partial charge in [0, 0.05) is 44.8 Å². The molecule has 1 fully saturated rings. The van der Waals surface area contributed by atoms with Crippen LogP contribution in [0.3, 0.4) is 0 Å². The van der Waals surface area contributed by atoms with Crippen LogP contribution in [0.15, 0.2) is 66.2 Å². The Morgan fingerprint density at radius 2 is 2.00 bits per heavy atom. The van der Waals surface area contributed by atoms with Gasteiger partial charge < -0.3 is 20.1 Å². The quantitative estimate of drug-likeness (QED) is 0.268. The molecule has 0 radical (unpaired) electrons. The van der Waals surface area contributed by atoms with Gasteiger partial charge >= 0.3 is 0 Å². The lowest BCUT2D eigenvalue weighted by atomic mass is 10.1. The molecule has 6 nitrogen and oxygen atoms in total. The van der Waals surface area contributed by atoms with Crippen molar-refractivity contribution < 1.29 is 4.39 Å². The molecule has 0 spiro atoms. The molecule has 1 aromatic heterocycles. The van der Waals surface area contributed by atoms with Crippen molar-refractivity contribution in [1.82, 2.24) is 20.2 Å². The number of anilines is 1. The molecule has 4 rings (SSSR count). The first-order chi connectivity index (χ1) is 15.1. The van der Waals surface area contributed by atoms with Gasteiger partial charge in [-0.25, -0.2) is 9.37 Å². The second kappa shape index (κ2) is 11.3. The number of aliphatic imine (C=N–C) groups is 1. The van der Waals surface area contributed by atoms with E-state index in [0.29, 0.717) is 18.2 Å². The van der Waals surface area contributed by atoms with Crippen LogP contribution >= 0.6 is 24.0 Å². The first-order valence-corrected chi connectivity index (χ1v) is 10.7.